The first-order chi connectivity index (χ1) is 10.6. The molecular weight excluding hydrogens is 330 g/mol. The van der Waals surface area contributed by atoms with Crippen LogP contribution in [0.5, 0.6) is 17.2 Å². The van der Waals surface area contributed by atoms with Crippen molar-refractivity contribution < 1.29 is 19.0 Å². The Kier molecular flexibility index (Phi) is 5.40. The van der Waals surface area contributed by atoms with Crippen molar-refractivity contribution in [2.75, 3.05) is 32.5 Å². The second-order valence-corrected chi connectivity index (χ2v) is 5.25. The van der Waals surface area contributed by atoms with E-state index in [0.717, 1.165) is 5.56 Å². The third-order valence-corrected chi connectivity index (χ3v) is 3.83. The van der Waals surface area contributed by atoms with Gasteiger partial charge in [-0.25, -0.2) is 0 Å². The maximum atomic E-state index is 11.3. The van der Waals surface area contributed by atoms with E-state index in [1.807, 2.05) is 0 Å². The lowest BCUT2D eigenvalue weighted by molar-refractivity contribution is -0.113. The summed E-state index contributed by atoms with van der Waals surface area (Å²) in [6, 6.07) is 3.52. The van der Waals surface area contributed by atoms with Crippen LogP contribution in [0.4, 0.5) is 5.13 Å². The molecule has 0 atom stereocenters. The van der Waals surface area contributed by atoms with Crippen LogP contribution in [0.25, 0.3) is 10.6 Å². The van der Waals surface area contributed by atoms with Gasteiger partial charge < -0.3 is 14.2 Å². The Labute approximate surface area is 136 Å². The van der Waals surface area contributed by atoms with E-state index < -0.39 is 0 Å². The molecule has 1 heterocycles. The first-order valence-corrected chi connectivity index (χ1v) is 7.47. The highest BCUT2D eigenvalue weighted by Crippen LogP contribution is 2.41. The van der Waals surface area contributed by atoms with Crippen LogP contribution >= 0.6 is 22.9 Å². The van der Waals surface area contributed by atoms with E-state index in [4.69, 9.17) is 25.8 Å². The van der Waals surface area contributed by atoms with E-state index in [1.54, 1.807) is 12.1 Å². The fourth-order valence-electron chi connectivity index (χ4n) is 1.75. The molecule has 1 amide bonds. The number of halogens is 1. The van der Waals surface area contributed by atoms with Gasteiger partial charge in [0.25, 0.3) is 0 Å². The second-order valence-electron chi connectivity index (χ2n) is 4.01. The highest BCUT2D eigenvalue weighted by molar-refractivity contribution is 7.18. The molecule has 0 aliphatic rings. The van der Waals surface area contributed by atoms with Gasteiger partial charge in [-0.05, 0) is 12.1 Å². The van der Waals surface area contributed by atoms with Crippen LogP contribution in [0.15, 0.2) is 12.1 Å². The van der Waals surface area contributed by atoms with Crippen LogP contribution < -0.4 is 19.5 Å². The molecule has 0 spiro atoms. The summed E-state index contributed by atoms with van der Waals surface area (Å²) in [6.07, 6.45) is 0. The molecule has 1 N–H and O–H groups in total. The fourth-order valence-corrected chi connectivity index (χ4v) is 2.56. The number of nitrogens with zero attached hydrogens (tertiary/aromatic N) is 2. The number of rotatable bonds is 6. The molecular formula is C13H14ClN3O4S. The Hall–Kier alpha value is -2.06. The van der Waals surface area contributed by atoms with Crippen molar-refractivity contribution in [1.29, 1.82) is 0 Å². The summed E-state index contributed by atoms with van der Waals surface area (Å²) in [6.45, 7) is 0. The van der Waals surface area contributed by atoms with Gasteiger partial charge in [-0.15, -0.1) is 21.8 Å². The highest BCUT2D eigenvalue weighted by atomic mass is 35.5. The average Bonchev–Trinajstić information content (AvgIpc) is 3.01. The van der Waals surface area contributed by atoms with Gasteiger partial charge in [-0.1, -0.05) is 11.3 Å². The number of hydrogen-bond donors (Lipinski definition) is 1. The summed E-state index contributed by atoms with van der Waals surface area (Å²) in [7, 11) is 4.60. The monoisotopic (exact) mass is 343 g/mol. The largest absolute Gasteiger partial charge is 0.493 e. The van der Waals surface area contributed by atoms with Crippen molar-refractivity contribution in [2.45, 2.75) is 0 Å². The lowest BCUT2D eigenvalue weighted by Crippen LogP contribution is -2.12. The van der Waals surface area contributed by atoms with Gasteiger partial charge in [0.2, 0.25) is 16.8 Å². The molecule has 0 unspecified atom stereocenters. The number of anilines is 1. The SMILES string of the molecule is COc1cc(-c2nnc(NC(=O)CCl)s2)cc(OC)c1OC. The van der Waals surface area contributed by atoms with E-state index in [-0.39, 0.29) is 11.8 Å². The molecule has 1 aromatic carbocycles. The first-order valence-electron chi connectivity index (χ1n) is 6.12. The van der Waals surface area contributed by atoms with Gasteiger partial charge in [-0.2, -0.15) is 0 Å². The molecule has 2 rings (SSSR count). The maximum absolute atomic E-state index is 11.3. The Morgan fingerprint density at radius 1 is 1.18 bits per heavy atom. The molecule has 0 saturated heterocycles. The van der Waals surface area contributed by atoms with Gasteiger partial charge in [0.05, 0.1) is 21.3 Å². The molecule has 9 heteroatoms. The van der Waals surface area contributed by atoms with Crippen LogP contribution in [-0.2, 0) is 4.79 Å². The zero-order chi connectivity index (χ0) is 16.1. The molecule has 22 heavy (non-hydrogen) atoms. The summed E-state index contributed by atoms with van der Waals surface area (Å²) in [5.74, 6) is 1.04. The standard InChI is InChI=1S/C13H14ClN3O4S/c1-19-8-4-7(5-9(20-2)11(8)21-3)12-16-17-13(22-12)15-10(18)6-14/h4-5H,6H2,1-3H3,(H,15,17,18). The number of carbonyl (C=O) groups is 1. The summed E-state index contributed by atoms with van der Waals surface area (Å²) in [5, 5.41) is 11.5. The van der Waals surface area contributed by atoms with Crippen molar-refractivity contribution in [3.05, 3.63) is 12.1 Å². The fraction of sp³-hybridized carbons (Fsp3) is 0.308. The predicted octanol–water partition coefficient (Wildman–Crippen LogP) is 2.41. The van der Waals surface area contributed by atoms with Crippen LogP contribution in [0.1, 0.15) is 0 Å². The smallest absolute Gasteiger partial charge is 0.241 e. The minimum Gasteiger partial charge on any atom is -0.493 e. The van der Waals surface area contributed by atoms with E-state index in [0.29, 0.717) is 27.4 Å². The zero-order valence-corrected chi connectivity index (χ0v) is 13.7. The van der Waals surface area contributed by atoms with Crippen molar-refractivity contribution in [3.8, 4) is 27.8 Å². The Bertz CT molecular complexity index is 652. The molecule has 118 valence electrons. The number of hydrogen-bond acceptors (Lipinski definition) is 7. The molecule has 0 saturated carbocycles. The predicted molar refractivity (Wildman–Crippen MR) is 84.4 cm³/mol. The number of methoxy groups -OCH3 is 3. The molecule has 0 aliphatic carbocycles. The summed E-state index contributed by atoms with van der Waals surface area (Å²) in [4.78, 5) is 11.3. The molecule has 0 bridgehead atoms. The van der Waals surface area contributed by atoms with Crippen molar-refractivity contribution in [1.82, 2.24) is 10.2 Å². The number of ether oxygens (including phenoxy) is 3. The molecule has 0 aliphatic heterocycles. The van der Waals surface area contributed by atoms with Crippen molar-refractivity contribution in [2.24, 2.45) is 0 Å². The van der Waals surface area contributed by atoms with E-state index in [9.17, 15) is 4.79 Å². The van der Waals surface area contributed by atoms with Gasteiger partial charge in [0.15, 0.2) is 11.5 Å². The number of alkyl halides is 1. The number of benzene rings is 1. The summed E-state index contributed by atoms with van der Waals surface area (Å²) in [5.41, 5.74) is 0.735. The quantitative estimate of drug-likeness (QED) is 0.811. The van der Waals surface area contributed by atoms with Crippen molar-refractivity contribution in [3.63, 3.8) is 0 Å². The minimum atomic E-state index is -0.339. The van der Waals surface area contributed by atoms with Gasteiger partial charge in [0.1, 0.15) is 10.9 Å². The number of carbonyl (C=O) groups excluding carboxylic acids is 1. The third-order valence-electron chi connectivity index (χ3n) is 2.70. The molecule has 0 fully saturated rings. The van der Waals surface area contributed by atoms with Crippen molar-refractivity contribution >= 4 is 34.0 Å². The molecule has 0 radical (unpaired) electrons. The molecule has 2 aromatic rings. The Morgan fingerprint density at radius 2 is 1.82 bits per heavy atom. The third kappa shape index (κ3) is 3.40. The Morgan fingerprint density at radius 3 is 2.32 bits per heavy atom. The molecule has 1 aromatic heterocycles. The van der Waals surface area contributed by atoms with E-state index in [2.05, 4.69) is 15.5 Å². The summed E-state index contributed by atoms with van der Waals surface area (Å²) < 4.78 is 15.9. The normalized spacial score (nSPS) is 10.2. The topological polar surface area (TPSA) is 82.6 Å². The first kappa shape index (κ1) is 16.3. The van der Waals surface area contributed by atoms with Crippen LogP contribution in [0.2, 0.25) is 0 Å². The summed E-state index contributed by atoms with van der Waals surface area (Å²) >= 11 is 6.65. The highest BCUT2D eigenvalue weighted by Gasteiger charge is 2.16. The van der Waals surface area contributed by atoms with Crippen LogP contribution in [0.3, 0.4) is 0 Å². The van der Waals surface area contributed by atoms with Crippen LogP contribution in [0, 0.1) is 0 Å². The minimum absolute atomic E-state index is 0.140. The zero-order valence-electron chi connectivity index (χ0n) is 12.2. The lowest BCUT2D eigenvalue weighted by atomic mass is 10.2. The Balaban J connectivity index is 2.38. The van der Waals surface area contributed by atoms with E-state index >= 15 is 0 Å². The van der Waals surface area contributed by atoms with Crippen LogP contribution in [-0.4, -0.2) is 43.3 Å². The van der Waals surface area contributed by atoms with Gasteiger partial charge in [0, 0.05) is 5.56 Å². The second kappa shape index (κ2) is 7.28. The lowest BCUT2D eigenvalue weighted by Gasteiger charge is -2.12. The van der Waals surface area contributed by atoms with E-state index in [1.165, 1.54) is 32.7 Å². The van der Waals surface area contributed by atoms with Gasteiger partial charge in [-0.3, -0.25) is 10.1 Å². The average molecular weight is 344 g/mol. The molecule has 7 nitrogen and oxygen atoms in total. The maximum Gasteiger partial charge on any atom is 0.241 e. The number of amides is 1. The number of nitrogens with one attached hydrogen (secondary N) is 1. The number of aromatic nitrogens is 2. The van der Waals surface area contributed by atoms with Gasteiger partial charge >= 0.3 is 0 Å².